The zero-order valence-corrected chi connectivity index (χ0v) is 16.7. The van der Waals surface area contributed by atoms with Crippen molar-refractivity contribution in [3.05, 3.63) is 47.2 Å². The average molecular weight is 388 g/mol. The molecular weight excluding hydrogens is 360 g/mol. The average Bonchev–Trinajstić information content (AvgIpc) is 2.69. The van der Waals surface area contributed by atoms with Gasteiger partial charge in [0.25, 0.3) is 0 Å². The Morgan fingerprint density at radius 2 is 1.96 bits per heavy atom. The van der Waals surface area contributed by atoms with E-state index in [1.165, 1.54) is 4.90 Å². The summed E-state index contributed by atoms with van der Waals surface area (Å²) in [6.45, 7) is 4.57. The van der Waals surface area contributed by atoms with Gasteiger partial charge in [-0.15, -0.1) is 0 Å². The normalized spacial score (nSPS) is 16.9. The summed E-state index contributed by atoms with van der Waals surface area (Å²) in [7, 11) is 1.60. The molecule has 0 aliphatic carbocycles. The van der Waals surface area contributed by atoms with Crippen molar-refractivity contribution in [1.29, 1.82) is 0 Å². The van der Waals surface area contributed by atoms with Crippen LogP contribution in [0, 0.1) is 0 Å². The Morgan fingerprint density at radius 3 is 2.61 bits per heavy atom. The number of methoxy groups -OCH3 is 1. The van der Waals surface area contributed by atoms with E-state index in [4.69, 9.17) is 9.47 Å². The quantitative estimate of drug-likeness (QED) is 0.517. The van der Waals surface area contributed by atoms with Crippen molar-refractivity contribution < 1.29 is 23.9 Å². The van der Waals surface area contributed by atoms with Gasteiger partial charge in [-0.05, 0) is 25.8 Å². The number of ether oxygens (including phenoxy) is 2. The van der Waals surface area contributed by atoms with E-state index >= 15 is 0 Å². The second kappa shape index (κ2) is 10.6. The number of carbonyl (C=O) groups excluding carboxylic acids is 3. The first kappa shape index (κ1) is 21.6. The van der Waals surface area contributed by atoms with Crippen molar-refractivity contribution in [2.75, 3.05) is 33.4 Å². The molecule has 0 saturated carbocycles. The lowest BCUT2D eigenvalue weighted by Gasteiger charge is -2.34. The van der Waals surface area contributed by atoms with Gasteiger partial charge < -0.3 is 19.7 Å². The highest BCUT2D eigenvalue weighted by Crippen LogP contribution is 2.36. The van der Waals surface area contributed by atoms with Gasteiger partial charge in [0.05, 0.1) is 12.2 Å². The number of nitrogens with zero attached hydrogens (tertiary/aromatic N) is 1. The van der Waals surface area contributed by atoms with E-state index in [0.29, 0.717) is 30.8 Å². The fraction of sp³-hybridized carbons (Fsp3) is 0.476. The van der Waals surface area contributed by atoms with Crippen molar-refractivity contribution in [2.45, 2.75) is 32.6 Å². The molecule has 1 N–H and O–H groups in total. The summed E-state index contributed by atoms with van der Waals surface area (Å²) in [6, 6.07) is 9.41. The highest BCUT2D eigenvalue weighted by Gasteiger charge is 2.37. The van der Waals surface area contributed by atoms with Crippen LogP contribution in [0.4, 0.5) is 0 Å². The smallest absolute Gasteiger partial charge is 0.336 e. The van der Waals surface area contributed by atoms with E-state index < -0.39 is 5.97 Å². The van der Waals surface area contributed by atoms with Gasteiger partial charge in [-0.3, -0.25) is 9.59 Å². The van der Waals surface area contributed by atoms with Gasteiger partial charge in [-0.1, -0.05) is 30.3 Å². The second-order valence-corrected chi connectivity index (χ2v) is 6.56. The number of carbonyl (C=O) groups is 3. The number of rotatable bonds is 9. The zero-order chi connectivity index (χ0) is 20.5. The van der Waals surface area contributed by atoms with Crippen LogP contribution in [0.1, 0.15) is 38.2 Å². The summed E-state index contributed by atoms with van der Waals surface area (Å²) in [5, 5.41) is 2.77. The van der Waals surface area contributed by atoms with E-state index in [-0.39, 0.29) is 37.3 Å². The van der Waals surface area contributed by atoms with Gasteiger partial charge >= 0.3 is 5.97 Å². The number of benzene rings is 1. The number of esters is 1. The summed E-state index contributed by atoms with van der Waals surface area (Å²) < 4.78 is 10.2. The third-order valence-electron chi connectivity index (χ3n) is 4.67. The summed E-state index contributed by atoms with van der Waals surface area (Å²) in [4.78, 5) is 39.0. The highest BCUT2D eigenvalue weighted by atomic mass is 16.5. The second-order valence-electron chi connectivity index (χ2n) is 6.56. The molecule has 0 aromatic heterocycles. The van der Waals surface area contributed by atoms with Crippen molar-refractivity contribution >= 4 is 17.8 Å². The van der Waals surface area contributed by atoms with Crippen LogP contribution in [0.5, 0.6) is 0 Å². The van der Waals surface area contributed by atoms with Crippen LogP contribution < -0.4 is 5.32 Å². The summed E-state index contributed by atoms with van der Waals surface area (Å²) in [5.41, 5.74) is 1.78. The van der Waals surface area contributed by atoms with Crippen LogP contribution in [-0.4, -0.2) is 56.1 Å². The predicted molar refractivity (Wildman–Crippen MR) is 104 cm³/mol. The van der Waals surface area contributed by atoms with Gasteiger partial charge in [-0.2, -0.15) is 0 Å². The predicted octanol–water partition coefficient (Wildman–Crippen LogP) is 1.99. The number of amides is 2. The molecule has 1 aliphatic heterocycles. The van der Waals surface area contributed by atoms with Gasteiger partial charge in [0.15, 0.2) is 0 Å². The van der Waals surface area contributed by atoms with Crippen molar-refractivity contribution in [3.8, 4) is 0 Å². The lowest BCUT2D eigenvalue weighted by atomic mass is 9.83. The van der Waals surface area contributed by atoms with Crippen LogP contribution in [0.3, 0.4) is 0 Å². The molecule has 2 rings (SSSR count). The number of allylic oxidation sites excluding steroid dienone is 1. The maximum Gasteiger partial charge on any atom is 0.336 e. The van der Waals surface area contributed by atoms with Crippen LogP contribution in [0.25, 0.3) is 0 Å². The number of hydrogen-bond donors (Lipinski definition) is 1. The van der Waals surface area contributed by atoms with Gasteiger partial charge in [0.1, 0.15) is 6.54 Å². The summed E-state index contributed by atoms with van der Waals surface area (Å²) in [6.07, 6.45) is 0.807. The molecule has 2 amide bonds. The Hall–Kier alpha value is -2.67. The standard InChI is InChI=1S/C21H28N2O5/c1-4-28-21(26)20-15(2)23(14-18(24)22-11-8-12-27-3)19(25)13-17(20)16-9-6-5-7-10-16/h5-7,9-10,17H,4,8,11-14H2,1-3H3,(H,22,24). The van der Waals surface area contributed by atoms with Crippen LogP contribution >= 0.6 is 0 Å². The fourth-order valence-corrected chi connectivity index (χ4v) is 3.29. The third kappa shape index (κ3) is 5.42. The topological polar surface area (TPSA) is 84.9 Å². The molecule has 152 valence electrons. The van der Waals surface area contributed by atoms with Gasteiger partial charge in [0, 0.05) is 38.3 Å². The first-order chi connectivity index (χ1) is 13.5. The van der Waals surface area contributed by atoms with E-state index in [2.05, 4.69) is 5.32 Å². The Morgan fingerprint density at radius 1 is 1.25 bits per heavy atom. The monoisotopic (exact) mass is 388 g/mol. The minimum atomic E-state index is -0.452. The Labute approximate surface area is 165 Å². The third-order valence-corrected chi connectivity index (χ3v) is 4.67. The number of nitrogens with one attached hydrogen (secondary N) is 1. The maximum absolute atomic E-state index is 12.8. The number of hydrogen-bond acceptors (Lipinski definition) is 5. The molecule has 1 aromatic rings. The molecule has 1 unspecified atom stereocenters. The molecule has 7 heteroatoms. The molecular formula is C21H28N2O5. The fourth-order valence-electron chi connectivity index (χ4n) is 3.29. The minimum absolute atomic E-state index is 0.118. The summed E-state index contributed by atoms with van der Waals surface area (Å²) in [5.74, 6) is -1.29. The largest absolute Gasteiger partial charge is 0.463 e. The highest BCUT2D eigenvalue weighted by molar-refractivity contribution is 5.97. The van der Waals surface area contributed by atoms with Crippen LogP contribution in [0.2, 0.25) is 0 Å². The lowest BCUT2D eigenvalue weighted by Crippen LogP contribution is -2.44. The van der Waals surface area contributed by atoms with E-state index in [1.807, 2.05) is 30.3 Å². The van der Waals surface area contributed by atoms with Crippen molar-refractivity contribution in [1.82, 2.24) is 10.2 Å². The molecule has 7 nitrogen and oxygen atoms in total. The molecule has 1 aliphatic rings. The summed E-state index contributed by atoms with van der Waals surface area (Å²) >= 11 is 0. The molecule has 0 fully saturated rings. The molecule has 0 spiro atoms. The van der Waals surface area contributed by atoms with Gasteiger partial charge in [0.2, 0.25) is 11.8 Å². The van der Waals surface area contributed by atoms with Gasteiger partial charge in [-0.25, -0.2) is 4.79 Å². The zero-order valence-electron chi connectivity index (χ0n) is 16.7. The lowest BCUT2D eigenvalue weighted by molar-refractivity contribution is -0.141. The SMILES string of the molecule is CCOC(=O)C1=C(C)N(CC(=O)NCCCOC)C(=O)CC1c1ccccc1. The Balaban J connectivity index is 2.25. The van der Waals surface area contributed by atoms with Crippen molar-refractivity contribution in [2.24, 2.45) is 0 Å². The molecule has 28 heavy (non-hydrogen) atoms. The van der Waals surface area contributed by atoms with Crippen LogP contribution in [-0.2, 0) is 23.9 Å². The molecule has 0 saturated heterocycles. The minimum Gasteiger partial charge on any atom is -0.463 e. The molecule has 1 aromatic carbocycles. The first-order valence-corrected chi connectivity index (χ1v) is 9.48. The molecule has 1 atom stereocenters. The first-order valence-electron chi connectivity index (χ1n) is 9.48. The molecule has 1 heterocycles. The Kier molecular flexibility index (Phi) is 8.19. The van der Waals surface area contributed by atoms with E-state index in [1.54, 1.807) is 21.0 Å². The molecule has 0 bridgehead atoms. The van der Waals surface area contributed by atoms with E-state index in [0.717, 1.165) is 5.56 Å². The molecule has 0 radical (unpaired) electrons. The van der Waals surface area contributed by atoms with E-state index in [9.17, 15) is 14.4 Å². The van der Waals surface area contributed by atoms with Crippen LogP contribution in [0.15, 0.2) is 41.6 Å². The van der Waals surface area contributed by atoms with Crippen molar-refractivity contribution in [3.63, 3.8) is 0 Å². The Bertz CT molecular complexity index is 730. The maximum atomic E-state index is 12.8.